The van der Waals surface area contributed by atoms with Gasteiger partial charge >= 0.3 is 0 Å². The number of rotatable bonds is 4. The zero-order valence-electron chi connectivity index (χ0n) is 11.9. The van der Waals surface area contributed by atoms with Gasteiger partial charge in [-0.1, -0.05) is 30.3 Å². The van der Waals surface area contributed by atoms with E-state index in [2.05, 4.69) is 26.0 Å². The van der Waals surface area contributed by atoms with Gasteiger partial charge in [0.25, 0.3) is 0 Å². The van der Waals surface area contributed by atoms with Crippen molar-refractivity contribution in [2.45, 2.75) is 51.7 Å². The Morgan fingerprint density at radius 1 is 1.32 bits per heavy atom. The van der Waals surface area contributed by atoms with Crippen LogP contribution in [0, 0.1) is 5.92 Å². The molecule has 1 aromatic carbocycles. The van der Waals surface area contributed by atoms with Crippen LogP contribution in [0.1, 0.15) is 38.7 Å². The highest BCUT2D eigenvalue weighted by molar-refractivity contribution is 5.79. The minimum Gasteiger partial charge on any atom is -0.336 e. The second-order valence-corrected chi connectivity index (χ2v) is 5.82. The third-order valence-electron chi connectivity index (χ3n) is 3.92. The molecule has 19 heavy (non-hydrogen) atoms. The molecule has 104 valence electrons. The van der Waals surface area contributed by atoms with Crippen molar-refractivity contribution in [3.8, 4) is 0 Å². The number of benzene rings is 1. The Hall–Kier alpha value is -1.35. The molecule has 2 atom stereocenters. The predicted molar refractivity (Wildman–Crippen MR) is 77.4 cm³/mol. The maximum absolute atomic E-state index is 12.6. The number of nitrogens with two attached hydrogens (primary N) is 1. The molecule has 1 fully saturated rings. The third kappa shape index (κ3) is 3.57. The van der Waals surface area contributed by atoms with E-state index in [-0.39, 0.29) is 23.9 Å². The van der Waals surface area contributed by atoms with Crippen molar-refractivity contribution < 1.29 is 4.79 Å². The first-order chi connectivity index (χ1) is 9.08. The first-order valence-corrected chi connectivity index (χ1v) is 7.18. The summed E-state index contributed by atoms with van der Waals surface area (Å²) in [6.45, 7) is 4.86. The Kier molecular flexibility index (Phi) is 4.59. The minimum absolute atomic E-state index is 0.126. The Morgan fingerprint density at radius 3 is 2.53 bits per heavy atom. The Labute approximate surface area is 115 Å². The maximum atomic E-state index is 12.6. The smallest absolute Gasteiger partial charge is 0.226 e. The number of nitrogens with zero attached hydrogens (tertiary/aromatic N) is 1. The van der Waals surface area contributed by atoms with Crippen LogP contribution in [-0.4, -0.2) is 22.9 Å². The lowest BCUT2D eigenvalue weighted by atomic mass is 10.0. The second-order valence-electron chi connectivity index (χ2n) is 5.82. The lowest BCUT2D eigenvalue weighted by molar-refractivity contribution is -0.137. The quantitative estimate of drug-likeness (QED) is 0.904. The van der Waals surface area contributed by atoms with E-state index in [1.165, 1.54) is 5.56 Å². The number of carbonyl (C=O) groups is 1. The molecule has 2 rings (SSSR count). The summed E-state index contributed by atoms with van der Waals surface area (Å²) in [5.41, 5.74) is 7.11. The SMILES string of the molecule is CC(C)N(Cc1ccccc1)C(=O)C1CCC(N)C1. The molecule has 0 spiro atoms. The molecule has 0 aliphatic heterocycles. The van der Waals surface area contributed by atoms with Gasteiger partial charge in [-0.2, -0.15) is 0 Å². The number of hydrogen-bond donors (Lipinski definition) is 1. The summed E-state index contributed by atoms with van der Waals surface area (Å²) >= 11 is 0. The molecular formula is C16H24N2O. The number of hydrogen-bond acceptors (Lipinski definition) is 2. The zero-order valence-corrected chi connectivity index (χ0v) is 11.9. The van der Waals surface area contributed by atoms with E-state index in [4.69, 9.17) is 5.73 Å². The highest BCUT2D eigenvalue weighted by atomic mass is 16.2. The molecule has 2 N–H and O–H groups in total. The third-order valence-corrected chi connectivity index (χ3v) is 3.92. The molecule has 2 unspecified atom stereocenters. The van der Waals surface area contributed by atoms with Crippen molar-refractivity contribution in [1.29, 1.82) is 0 Å². The van der Waals surface area contributed by atoms with E-state index in [1.54, 1.807) is 0 Å². The monoisotopic (exact) mass is 260 g/mol. The van der Waals surface area contributed by atoms with Crippen molar-refractivity contribution in [3.05, 3.63) is 35.9 Å². The molecular weight excluding hydrogens is 236 g/mol. The topological polar surface area (TPSA) is 46.3 Å². The Morgan fingerprint density at radius 2 is 2.00 bits per heavy atom. The van der Waals surface area contributed by atoms with Crippen molar-refractivity contribution in [2.24, 2.45) is 11.7 Å². The van der Waals surface area contributed by atoms with Crippen LogP contribution in [0.25, 0.3) is 0 Å². The van der Waals surface area contributed by atoms with Crippen molar-refractivity contribution >= 4 is 5.91 Å². The molecule has 1 saturated carbocycles. The van der Waals surface area contributed by atoms with E-state index in [0.717, 1.165) is 19.3 Å². The van der Waals surface area contributed by atoms with Crippen molar-refractivity contribution in [3.63, 3.8) is 0 Å². The normalized spacial score (nSPS) is 22.7. The molecule has 0 radical (unpaired) electrons. The molecule has 0 saturated heterocycles. The highest BCUT2D eigenvalue weighted by Crippen LogP contribution is 2.27. The van der Waals surface area contributed by atoms with Crippen LogP contribution in [0.4, 0.5) is 0 Å². The van der Waals surface area contributed by atoms with Gasteiger partial charge in [0.1, 0.15) is 0 Å². The molecule has 0 aromatic heterocycles. The van der Waals surface area contributed by atoms with Gasteiger partial charge in [-0.05, 0) is 38.7 Å². The van der Waals surface area contributed by atoms with Crippen LogP contribution in [0.15, 0.2) is 30.3 Å². The number of carbonyl (C=O) groups excluding carboxylic acids is 1. The summed E-state index contributed by atoms with van der Waals surface area (Å²) < 4.78 is 0. The average molecular weight is 260 g/mol. The molecule has 3 heteroatoms. The summed E-state index contributed by atoms with van der Waals surface area (Å²) in [4.78, 5) is 14.6. The lowest BCUT2D eigenvalue weighted by Crippen LogP contribution is -2.40. The fraction of sp³-hybridized carbons (Fsp3) is 0.562. The van der Waals surface area contributed by atoms with E-state index in [0.29, 0.717) is 6.54 Å². The fourth-order valence-electron chi connectivity index (χ4n) is 2.77. The summed E-state index contributed by atoms with van der Waals surface area (Å²) in [7, 11) is 0. The van der Waals surface area contributed by atoms with Crippen molar-refractivity contribution in [1.82, 2.24) is 4.90 Å². The lowest BCUT2D eigenvalue weighted by Gasteiger charge is -2.29. The molecule has 1 aromatic rings. The van der Waals surface area contributed by atoms with E-state index >= 15 is 0 Å². The summed E-state index contributed by atoms with van der Waals surface area (Å²) in [5.74, 6) is 0.396. The average Bonchev–Trinajstić information content (AvgIpc) is 2.83. The van der Waals surface area contributed by atoms with E-state index in [9.17, 15) is 4.79 Å². The van der Waals surface area contributed by atoms with Gasteiger partial charge in [-0.3, -0.25) is 4.79 Å². The first-order valence-electron chi connectivity index (χ1n) is 7.18. The fourth-order valence-corrected chi connectivity index (χ4v) is 2.77. The van der Waals surface area contributed by atoms with Crippen LogP contribution in [0.5, 0.6) is 0 Å². The zero-order chi connectivity index (χ0) is 13.8. The maximum Gasteiger partial charge on any atom is 0.226 e. The summed E-state index contributed by atoms with van der Waals surface area (Å²) in [5, 5.41) is 0. The van der Waals surface area contributed by atoms with Crippen LogP contribution in [0.2, 0.25) is 0 Å². The summed E-state index contributed by atoms with van der Waals surface area (Å²) in [6.07, 6.45) is 2.77. The van der Waals surface area contributed by atoms with Gasteiger partial charge in [0.15, 0.2) is 0 Å². The Bertz CT molecular complexity index is 416. The standard InChI is InChI=1S/C16H24N2O/c1-12(2)18(11-13-6-4-3-5-7-13)16(19)14-8-9-15(17)10-14/h3-7,12,14-15H,8-11,17H2,1-2H3. The Balaban J connectivity index is 2.05. The van der Waals surface area contributed by atoms with Gasteiger partial charge in [-0.15, -0.1) is 0 Å². The van der Waals surface area contributed by atoms with Gasteiger partial charge in [-0.25, -0.2) is 0 Å². The predicted octanol–water partition coefficient (Wildman–Crippen LogP) is 2.55. The van der Waals surface area contributed by atoms with Crippen LogP contribution < -0.4 is 5.73 Å². The van der Waals surface area contributed by atoms with Crippen molar-refractivity contribution in [2.75, 3.05) is 0 Å². The molecule has 3 nitrogen and oxygen atoms in total. The van der Waals surface area contributed by atoms with Gasteiger partial charge in [0, 0.05) is 24.5 Å². The van der Waals surface area contributed by atoms with Gasteiger partial charge in [0.2, 0.25) is 5.91 Å². The minimum atomic E-state index is 0.126. The molecule has 0 bridgehead atoms. The van der Waals surface area contributed by atoms with Gasteiger partial charge < -0.3 is 10.6 Å². The molecule has 1 aliphatic rings. The van der Waals surface area contributed by atoms with Crippen LogP contribution in [0.3, 0.4) is 0 Å². The molecule has 0 heterocycles. The molecule has 1 aliphatic carbocycles. The number of amides is 1. The first kappa shape index (κ1) is 14.1. The van der Waals surface area contributed by atoms with E-state index in [1.807, 2.05) is 23.1 Å². The second kappa shape index (κ2) is 6.20. The van der Waals surface area contributed by atoms with Gasteiger partial charge in [0.05, 0.1) is 0 Å². The van der Waals surface area contributed by atoms with Crippen LogP contribution >= 0.6 is 0 Å². The summed E-state index contributed by atoms with van der Waals surface area (Å²) in [6, 6.07) is 10.6. The highest BCUT2D eigenvalue weighted by Gasteiger charge is 2.31. The molecule has 1 amide bonds. The largest absolute Gasteiger partial charge is 0.336 e. The van der Waals surface area contributed by atoms with Crippen LogP contribution in [-0.2, 0) is 11.3 Å². The van der Waals surface area contributed by atoms with E-state index < -0.39 is 0 Å².